The molecule has 0 spiro atoms. The van der Waals surface area contributed by atoms with E-state index in [9.17, 15) is 0 Å². The first-order chi connectivity index (χ1) is 14.3. The minimum Gasteiger partial charge on any atom is -0.381 e. The van der Waals surface area contributed by atoms with Gasteiger partial charge in [-0.3, -0.25) is 0 Å². The highest BCUT2D eigenvalue weighted by Gasteiger charge is 2.26. The van der Waals surface area contributed by atoms with Crippen molar-refractivity contribution in [2.75, 3.05) is 36.5 Å². The Kier molecular flexibility index (Phi) is 5.08. The molecule has 8 nitrogen and oxygen atoms in total. The van der Waals surface area contributed by atoms with Crippen LogP contribution in [0, 0.1) is 0 Å². The number of nitrogens with zero attached hydrogens (tertiary/aromatic N) is 5. The van der Waals surface area contributed by atoms with Crippen molar-refractivity contribution < 1.29 is 9.26 Å². The molecule has 2 aromatic heterocycles. The van der Waals surface area contributed by atoms with Gasteiger partial charge in [-0.05, 0) is 42.6 Å². The van der Waals surface area contributed by atoms with E-state index in [0.29, 0.717) is 17.8 Å². The molecule has 5 rings (SSSR count). The van der Waals surface area contributed by atoms with Crippen molar-refractivity contribution >= 4 is 11.9 Å². The van der Waals surface area contributed by atoms with E-state index >= 15 is 0 Å². The lowest BCUT2D eigenvalue weighted by Gasteiger charge is -2.23. The van der Waals surface area contributed by atoms with Gasteiger partial charge in [0.2, 0.25) is 5.95 Å². The molecule has 3 aromatic rings. The molecule has 1 unspecified atom stereocenters. The number of aromatic nitrogens is 4. The van der Waals surface area contributed by atoms with Gasteiger partial charge < -0.3 is 19.5 Å². The monoisotopic (exact) mass is 392 g/mol. The summed E-state index contributed by atoms with van der Waals surface area (Å²) in [6.07, 6.45) is 4.91. The van der Waals surface area contributed by atoms with E-state index in [1.807, 2.05) is 42.6 Å². The van der Waals surface area contributed by atoms with Gasteiger partial charge in [0.25, 0.3) is 11.8 Å². The van der Waals surface area contributed by atoms with Crippen molar-refractivity contribution in [3.8, 4) is 11.5 Å². The van der Waals surface area contributed by atoms with Gasteiger partial charge in [0.05, 0.1) is 0 Å². The summed E-state index contributed by atoms with van der Waals surface area (Å²) in [5.74, 6) is 2.32. The zero-order valence-corrected chi connectivity index (χ0v) is 16.2. The van der Waals surface area contributed by atoms with Gasteiger partial charge >= 0.3 is 0 Å². The van der Waals surface area contributed by atoms with E-state index in [1.54, 1.807) is 0 Å². The van der Waals surface area contributed by atoms with Crippen LogP contribution < -0.4 is 10.2 Å². The summed E-state index contributed by atoms with van der Waals surface area (Å²) in [5, 5.41) is 7.45. The highest BCUT2D eigenvalue weighted by molar-refractivity contribution is 5.53. The zero-order valence-electron chi connectivity index (χ0n) is 16.2. The Balaban J connectivity index is 1.22. The smallest absolute Gasteiger partial charge is 0.264 e. The van der Waals surface area contributed by atoms with Crippen LogP contribution in [0.1, 0.15) is 30.9 Å². The molecule has 8 heteroatoms. The maximum absolute atomic E-state index is 5.47. The van der Waals surface area contributed by atoms with Crippen LogP contribution in [0.15, 0.2) is 47.1 Å². The third kappa shape index (κ3) is 4.07. The fraction of sp³-hybridized carbons (Fsp3) is 0.429. The summed E-state index contributed by atoms with van der Waals surface area (Å²) in [4.78, 5) is 16.0. The van der Waals surface area contributed by atoms with E-state index < -0.39 is 0 Å². The number of anilines is 2. The quantitative estimate of drug-likeness (QED) is 0.708. The summed E-state index contributed by atoms with van der Waals surface area (Å²) in [7, 11) is 0. The highest BCUT2D eigenvalue weighted by Crippen LogP contribution is 2.27. The first-order valence-electron chi connectivity index (χ1n) is 10.2. The molecular formula is C21H24N6O2. The minimum absolute atomic E-state index is 0.228. The fourth-order valence-corrected chi connectivity index (χ4v) is 3.96. The van der Waals surface area contributed by atoms with Gasteiger partial charge in [-0.25, -0.2) is 9.97 Å². The molecule has 0 amide bonds. The molecule has 1 N–H and O–H groups in total. The zero-order chi connectivity index (χ0) is 19.5. The number of hydrogen-bond acceptors (Lipinski definition) is 8. The molecule has 0 radical (unpaired) electrons. The van der Waals surface area contributed by atoms with Crippen molar-refractivity contribution in [2.24, 2.45) is 0 Å². The van der Waals surface area contributed by atoms with Crippen LogP contribution in [0.4, 0.5) is 11.9 Å². The highest BCUT2D eigenvalue weighted by atomic mass is 16.5. The fourth-order valence-electron chi connectivity index (χ4n) is 3.96. The van der Waals surface area contributed by atoms with E-state index in [2.05, 4.69) is 25.3 Å². The largest absolute Gasteiger partial charge is 0.381 e. The van der Waals surface area contributed by atoms with Crippen LogP contribution in [-0.4, -0.2) is 52.5 Å². The Bertz CT molecular complexity index is 941. The molecule has 29 heavy (non-hydrogen) atoms. The van der Waals surface area contributed by atoms with Crippen LogP contribution in [0.25, 0.3) is 11.5 Å². The molecular weight excluding hydrogens is 368 g/mol. The Labute approximate surface area is 169 Å². The van der Waals surface area contributed by atoms with Crippen molar-refractivity contribution in [3.05, 3.63) is 48.3 Å². The van der Waals surface area contributed by atoms with E-state index in [4.69, 9.17) is 14.2 Å². The summed E-state index contributed by atoms with van der Waals surface area (Å²) in [6, 6.07) is 12.0. The summed E-state index contributed by atoms with van der Waals surface area (Å²) < 4.78 is 10.9. The van der Waals surface area contributed by atoms with Crippen molar-refractivity contribution in [2.45, 2.75) is 31.2 Å². The Hall–Kier alpha value is -3.00. The molecule has 1 atom stereocenters. The second-order valence-corrected chi connectivity index (χ2v) is 7.53. The van der Waals surface area contributed by atoms with Crippen molar-refractivity contribution in [3.63, 3.8) is 0 Å². The van der Waals surface area contributed by atoms with Crippen LogP contribution in [0.5, 0.6) is 0 Å². The average molecular weight is 392 g/mol. The summed E-state index contributed by atoms with van der Waals surface area (Å²) in [5.41, 5.74) is 2.04. The summed E-state index contributed by atoms with van der Waals surface area (Å²) >= 11 is 0. The van der Waals surface area contributed by atoms with Gasteiger partial charge in [0, 0.05) is 55.7 Å². The first-order valence-corrected chi connectivity index (χ1v) is 10.2. The van der Waals surface area contributed by atoms with E-state index in [0.717, 1.165) is 62.8 Å². The molecule has 4 heterocycles. The molecule has 2 saturated heterocycles. The number of nitrogens with one attached hydrogen (secondary N) is 1. The molecule has 1 aromatic carbocycles. The van der Waals surface area contributed by atoms with Crippen molar-refractivity contribution in [1.29, 1.82) is 0 Å². The number of hydrogen-bond donors (Lipinski definition) is 1. The molecule has 0 saturated carbocycles. The molecule has 2 aliphatic rings. The van der Waals surface area contributed by atoms with Gasteiger partial charge in [0.15, 0.2) is 0 Å². The number of rotatable bonds is 5. The normalized spacial score (nSPS) is 20.1. The van der Waals surface area contributed by atoms with Crippen LogP contribution in [0.3, 0.4) is 0 Å². The second-order valence-electron chi connectivity index (χ2n) is 7.53. The molecule has 0 bridgehead atoms. The molecule has 150 valence electrons. The lowest BCUT2D eigenvalue weighted by atomic mass is 9.96. The third-order valence-corrected chi connectivity index (χ3v) is 5.56. The molecule has 0 aliphatic carbocycles. The van der Waals surface area contributed by atoms with Gasteiger partial charge in [-0.2, -0.15) is 4.98 Å². The Morgan fingerprint density at radius 2 is 1.86 bits per heavy atom. The SMILES string of the molecule is c1ccc(-c2nc(NC3CCN(c4nccc(C5CCOCC5)n4)C3)no2)cc1. The second kappa shape index (κ2) is 8.16. The van der Waals surface area contributed by atoms with Crippen molar-refractivity contribution in [1.82, 2.24) is 20.1 Å². The van der Waals surface area contributed by atoms with Crippen LogP contribution in [-0.2, 0) is 4.74 Å². The standard InChI is InChI=1S/C21H24N6O2/c1-2-4-16(5-3-1)19-25-20(26-29-19)23-17-7-11-27(14-17)21-22-10-6-18(24-21)15-8-12-28-13-9-15/h1-6,10,15,17H,7-9,11-14H2,(H,23,26). The summed E-state index contributed by atoms with van der Waals surface area (Å²) in [6.45, 7) is 3.34. The average Bonchev–Trinajstić information content (AvgIpc) is 3.45. The predicted molar refractivity (Wildman–Crippen MR) is 109 cm³/mol. The Morgan fingerprint density at radius 1 is 1.00 bits per heavy atom. The number of ether oxygens (including phenoxy) is 1. The van der Waals surface area contributed by atoms with Crippen LogP contribution >= 0.6 is 0 Å². The minimum atomic E-state index is 0.228. The Morgan fingerprint density at radius 3 is 2.72 bits per heavy atom. The van der Waals surface area contributed by atoms with Crippen LogP contribution in [0.2, 0.25) is 0 Å². The topological polar surface area (TPSA) is 89.2 Å². The predicted octanol–water partition coefficient (Wildman–Crippen LogP) is 3.11. The first kappa shape index (κ1) is 18.1. The molecule has 2 fully saturated rings. The van der Waals surface area contributed by atoms with E-state index in [1.165, 1.54) is 0 Å². The van der Waals surface area contributed by atoms with Gasteiger partial charge in [-0.15, -0.1) is 0 Å². The lowest BCUT2D eigenvalue weighted by molar-refractivity contribution is 0.0845. The lowest BCUT2D eigenvalue weighted by Crippen LogP contribution is -2.28. The maximum atomic E-state index is 5.47. The third-order valence-electron chi connectivity index (χ3n) is 5.56. The number of benzene rings is 1. The maximum Gasteiger partial charge on any atom is 0.264 e. The molecule has 2 aliphatic heterocycles. The van der Waals surface area contributed by atoms with Gasteiger partial charge in [0.1, 0.15) is 0 Å². The van der Waals surface area contributed by atoms with Gasteiger partial charge in [-0.1, -0.05) is 18.2 Å². The van der Waals surface area contributed by atoms with E-state index in [-0.39, 0.29) is 6.04 Å².